The molecule has 0 aromatic heterocycles. The van der Waals surface area contributed by atoms with Gasteiger partial charge in [-0.3, -0.25) is 4.79 Å². The van der Waals surface area contributed by atoms with Crippen LogP contribution in [0.25, 0.3) is 0 Å². The molecular weight excluding hydrogens is 274 g/mol. The highest BCUT2D eigenvalue weighted by atomic mass is 16.1. The van der Waals surface area contributed by atoms with Crippen LogP contribution in [0, 0.1) is 5.92 Å². The first-order valence-corrected chi connectivity index (χ1v) is 8.52. The molecule has 0 aliphatic carbocycles. The third-order valence-electron chi connectivity index (χ3n) is 4.98. The second-order valence-corrected chi connectivity index (χ2v) is 6.74. The van der Waals surface area contributed by atoms with Gasteiger partial charge in [-0.1, -0.05) is 12.1 Å². The first kappa shape index (κ1) is 15.5. The number of carbonyl (C=O) groups is 1. The minimum Gasteiger partial charge on any atom is -0.326 e. The molecule has 1 aromatic carbocycles. The largest absolute Gasteiger partial charge is 0.326 e. The summed E-state index contributed by atoms with van der Waals surface area (Å²) in [4.78, 5) is 14.6. The number of anilines is 1. The number of nitrogens with zero attached hydrogens (tertiary/aromatic N) is 1. The molecule has 1 aromatic rings. The molecule has 2 aliphatic heterocycles. The number of rotatable bonds is 3. The van der Waals surface area contributed by atoms with Gasteiger partial charge in [-0.15, -0.1) is 0 Å². The van der Waals surface area contributed by atoms with Crippen LogP contribution in [-0.4, -0.2) is 44.0 Å². The third-order valence-corrected chi connectivity index (χ3v) is 4.98. The SMILES string of the molecule is CN1CCCC(C(=O)Nc2ccc(C3CCNCC3)cc2)C1. The van der Waals surface area contributed by atoms with Crippen molar-refractivity contribution in [3.63, 3.8) is 0 Å². The summed E-state index contributed by atoms with van der Waals surface area (Å²) in [7, 11) is 2.09. The highest BCUT2D eigenvalue weighted by Gasteiger charge is 2.24. The second-order valence-electron chi connectivity index (χ2n) is 6.74. The fraction of sp³-hybridized carbons (Fsp3) is 0.611. The van der Waals surface area contributed by atoms with Crippen LogP contribution in [0.5, 0.6) is 0 Å². The average Bonchev–Trinajstić information content (AvgIpc) is 2.56. The number of carbonyl (C=O) groups excluding carboxylic acids is 1. The Morgan fingerprint density at radius 1 is 1.18 bits per heavy atom. The van der Waals surface area contributed by atoms with Gasteiger partial charge >= 0.3 is 0 Å². The van der Waals surface area contributed by atoms with Gasteiger partial charge in [0.15, 0.2) is 0 Å². The van der Waals surface area contributed by atoms with Gasteiger partial charge in [0.1, 0.15) is 0 Å². The monoisotopic (exact) mass is 301 g/mol. The van der Waals surface area contributed by atoms with E-state index in [1.165, 1.54) is 18.4 Å². The molecule has 2 aliphatic rings. The zero-order valence-corrected chi connectivity index (χ0v) is 13.5. The zero-order chi connectivity index (χ0) is 15.4. The smallest absolute Gasteiger partial charge is 0.228 e. The Morgan fingerprint density at radius 3 is 2.59 bits per heavy atom. The number of piperidine rings is 2. The Balaban J connectivity index is 1.57. The Bertz CT molecular complexity index is 494. The maximum atomic E-state index is 12.4. The predicted molar refractivity (Wildman–Crippen MR) is 90.1 cm³/mol. The van der Waals surface area contributed by atoms with E-state index in [0.29, 0.717) is 5.92 Å². The van der Waals surface area contributed by atoms with Crippen LogP contribution in [0.15, 0.2) is 24.3 Å². The van der Waals surface area contributed by atoms with Crippen LogP contribution in [0.2, 0.25) is 0 Å². The third kappa shape index (κ3) is 3.87. The quantitative estimate of drug-likeness (QED) is 0.901. The van der Waals surface area contributed by atoms with E-state index in [-0.39, 0.29) is 11.8 Å². The van der Waals surface area contributed by atoms with Crippen LogP contribution in [0.4, 0.5) is 5.69 Å². The lowest BCUT2D eigenvalue weighted by molar-refractivity contribution is -0.121. The van der Waals surface area contributed by atoms with Crippen molar-refractivity contribution in [1.29, 1.82) is 0 Å². The van der Waals surface area contributed by atoms with Crippen LogP contribution in [-0.2, 0) is 4.79 Å². The lowest BCUT2D eigenvalue weighted by Gasteiger charge is -2.28. The minimum atomic E-state index is 0.128. The maximum Gasteiger partial charge on any atom is 0.228 e. The van der Waals surface area contributed by atoms with E-state index in [4.69, 9.17) is 0 Å². The van der Waals surface area contributed by atoms with Gasteiger partial charge in [0.2, 0.25) is 5.91 Å². The molecule has 2 fully saturated rings. The van der Waals surface area contributed by atoms with Crippen molar-refractivity contribution in [3.05, 3.63) is 29.8 Å². The second kappa shape index (κ2) is 7.25. The number of hydrogen-bond donors (Lipinski definition) is 2. The van der Waals surface area contributed by atoms with E-state index in [1.54, 1.807) is 0 Å². The summed E-state index contributed by atoms with van der Waals surface area (Å²) in [6.07, 6.45) is 4.53. The molecule has 22 heavy (non-hydrogen) atoms. The molecule has 0 radical (unpaired) electrons. The summed E-state index contributed by atoms with van der Waals surface area (Å²) in [6.45, 7) is 4.20. The molecule has 2 heterocycles. The van der Waals surface area contributed by atoms with Gasteiger partial charge in [-0.05, 0) is 76.0 Å². The Hall–Kier alpha value is -1.39. The lowest BCUT2D eigenvalue weighted by Crippen LogP contribution is -2.38. The van der Waals surface area contributed by atoms with Crippen molar-refractivity contribution in [3.8, 4) is 0 Å². The van der Waals surface area contributed by atoms with E-state index in [0.717, 1.165) is 44.7 Å². The molecule has 0 saturated carbocycles. The van der Waals surface area contributed by atoms with Crippen LogP contribution in [0.3, 0.4) is 0 Å². The number of benzene rings is 1. The van der Waals surface area contributed by atoms with Gasteiger partial charge in [-0.2, -0.15) is 0 Å². The first-order valence-electron chi connectivity index (χ1n) is 8.52. The summed E-state index contributed by atoms with van der Waals surface area (Å²) in [6, 6.07) is 8.47. The molecule has 2 saturated heterocycles. The van der Waals surface area contributed by atoms with Crippen LogP contribution < -0.4 is 10.6 Å². The molecule has 1 amide bonds. The zero-order valence-electron chi connectivity index (χ0n) is 13.5. The maximum absolute atomic E-state index is 12.4. The van der Waals surface area contributed by atoms with E-state index in [2.05, 4.69) is 46.8 Å². The molecule has 1 atom stereocenters. The Kier molecular flexibility index (Phi) is 5.11. The standard InChI is InChI=1S/C18H27N3O/c1-21-12-2-3-16(13-21)18(22)20-17-6-4-14(5-7-17)15-8-10-19-11-9-15/h4-7,15-16,19H,2-3,8-13H2,1H3,(H,20,22). The highest BCUT2D eigenvalue weighted by molar-refractivity contribution is 5.92. The number of amides is 1. The Morgan fingerprint density at radius 2 is 1.91 bits per heavy atom. The van der Waals surface area contributed by atoms with Gasteiger partial charge in [-0.25, -0.2) is 0 Å². The van der Waals surface area contributed by atoms with E-state index in [1.807, 2.05) is 0 Å². The molecular formula is C18H27N3O. The molecule has 4 heteroatoms. The fourth-order valence-electron chi connectivity index (χ4n) is 3.62. The van der Waals surface area contributed by atoms with Crippen molar-refractivity contribution < 1.29 is 4.79 Å². The van der Waals surface area contributed by atoms with Crippen molar-refractivity contribution in [2.24, 2.45) is 5.92 Å². The molecule has 0 spiro atoms. The number of nitrogens with one attached hydrogen (secondary N) is 2. The lowest BCUT2D eigenvalue weighted by atomic mass is 9.90. The summed E-state index contributed by atoms with van der Waals surface area (Å²) in [5.41, 5.74) is 2.33. The van der Waals surface area contributed by atoms with Crippen LogP contribution in [0.1, 0.15) is 37.2 Å². The molecule has 120 valence electrons. The summed E-state index contributed by atoms with van der Waals surface area (Å²) in [5.74, 6) is 0.960. The highest BCUT2D eigenvalue weighted by Crippen LogP contribution is 2.26. The predicted octanol–water partition coefficient (Wildman–Crippen LogP) is 2.43. The first-order chi connectivity index (χ1) is 10.7. The summed E-state index contributed by atoms with van der Waals surface area (Å²) in [5, 5.41) is 6.49. The number of hydrogen-bond acceptors (Lipinski definition) is 3. The minimum absolute atomic E-state index is 0.128. The van der Waals surface area contributed by atoms with E-state index >= 15 is 0 Å². The van der Waals surface area contributed by atoms with Gasteiger partial charge < -0.3 is 15.5 Å². The van der Waals surface area contributed by atoms with Gasteiger partial charge in [0.25, 0.3) is 0 Å². The van der Waals surface area contributed by atoms with Gasteiger partial charge in [0.05, 0.1) is 5.92 Å². The van der Waals surface area contributed by atoms with Crippen molar-refractivity contribution in [2.45, 2.75) is 31.6 Å². The topological polar surface area (TPSA) is 44.4 Å². The molecule has 0 bridgehead atoms. The van der Waals surface area contributed by atoms with Crippen molar-refractivity contribution in [2.75, 3.05) is 38.5 Å². The molecule has 4 nitrogen and oxygen atoms in total. The van der Waals surface area contributed by atoms with Gasteiger partial charge in [0, 0.05) is 12.2 Å². The number of likely N-dealkylation sites (tertiary alicyclic amines) is 1. The van der Waals surface area contributed by atoms with Crippen LogP contribution >= 0.6 is 0 Å². The average molecular weight is 301 g/mol. The summed E-state index contributed by atoms with van der Waals surface area (Å²) >= 11 is 0. The Labute approximate surface area is 133 Å². The normalized spacial score (nSPS) is 24.1. The fourth-order valence-corrected chi connectivity index (χ4v) is 3.62. The van der Waals surface area contributed by atoms with E-state index < -0.39 is 0 Å². The van der Waals surface area contributed by atoms with Crippen molar-refractivity contribution >= 4 is 11.6 Å². The molecule has 2 N–H and O–H groups in total. The molecule has 3 rings (SSSR count). The van der Waals surface area contributed by atoms with E-state index in [9.17, 15) is 4.79 Å². The molecule has 1 unspecified atom stereocenters. The van der Waals surface area contributed by atoms with Crippen molar-refractivity contribution in [1.82, 2.24) is 10.2 Å². The summed E-state index contributed by atoms with van der Waals surface area (Å²) < 4.78 is 0.